The number of rotatable bonds is 3. The highest BCUT2D eigenvalue weighted by Gasteiger charge is 2.18. The molecule has 0 unspecified atom stereocenters. The molecule has 6 nitrogen and oxygen atoms in total. The summed E-state index contributed by atoms with van der Waals surface area (Å²) in [6.07, 6.45) is 1.64. The molecule has 1 aliphatic rings. The van der Waals surface area contributed by atoms with Gasteiger partial charge in [0.15, 0.2) is 0 Å². The van der Waals surface area contributed by atoms with Crippen LogP contribution in [0.4, 0.5) is 11.6 Å². The largest absolute Gasteiger partial charge is 0.338 e. The molecule has 3 rings (SSSR count). The Balaban J connectivity index is 1.71. The number of carbonyl (C=O) groups excluding carboxylic acids is 1. The van der Waals surface area contributed by atoms with Crippen molar-refractivity contribution in [3.05, 3.63) is 46.7 Å². The van der Waals surface area contributed by atoms with Gasteiger partial charge in [0.2, 0.25) is 5.95 Å². The summed E-state index contributed by atoms with van der Waals surface area (Å²) in [5.74, 6) is 0.381. The molecule has 1 aromatic heterocycles. The van der Waals surface area contributed by atoms with Gasteiger partial charge in [-0.25, -0.2) is 9.97 Å². The number of likely N-dealkylation sites (N-methyl/N-ethyl adjacent to an activating group) is 1. The van der Waals surface area contributed by atoms with Crippen molar-refractivity contribution in [1.29, 1.82) is 0 Å². The van der Waals surface area contributed by atoms with Crippen LogP contribution in [0, 0.1) is 0 Å². The molecular formula is C16H18BrN5O. The molecule has 0 spiro atoms. The monoisotopic (exact) mass is 375 g/mol. The molecular weight excluding hydrogens is 358 g/mol. The molecule has 0 atom stereocenters. The van der Waals surface area contributed by atoms with Gasteiger partial charge in [-0.15, -0.1) is 0 Å². The van der Waals surface area contributed by atoms with Crippen LogP contribution in [0.2, 0.25) is 0 Å². The number of hydrogen-bond acceptors (Lipinski definition) is 5. The topological polar surface area (TPSA) is 61.4 Å². The van der Waals surface area contributed by atoms with Crippen LogP contribution in [0.25, 0.3) is 0 Å². The van der Waals surface area contributed by atoms with E-state index >= 15 is 0 Å². The summed E-state index contributed by atoms with van der Waals surface area (Å²) in [6, 6.07) is 9.07. The van der Waals surface area contributed by atoms with E-state index < -0.39 is 0 Å². The molecule has 2 aromatic rings. The number of carbonyl (C=O) groups is 1. The first-order valence-electron chi connectivity index (χ1n) is 7.45. The van der Waals surface area contributed by atoms with Gasteiger partial charge in [-0.3, -0.25) is 4.79 Å². The van der Waals surface area contributed by atoms with Crippen LogP contribution >= 0.6 is 15.9 Å². The Kier molecular flexibility index (Phi) is 4.88. The van der Waals surface area contributed by atoms with E-state index in [4.69, 9.17) is 0 Å². The molecule has 0 radical (unpaired) electrons. The number of piperazine rings is 1. The number of nitrogens with one attached hydrogen (secondary N) is 1. The van der Waals surface area contributed by atoms with Gasteiger partial charge in [0.05, 0.1) is 0 Å². The number of amides is 1. The fourth-order valence-corrected chi connectivity index (χ4v) is 2.63. The average Bonchev–Trinajstić information content (AvgIpc) is 2.58. The predicted octanol–water partition coefficient (Wildman–Crippen LogP) is 2.24. The van der Waals surface area contributed by atoms with Crippen molar-refractivity contribution in [3.63, 3.8) is 0 Å². The lowest BCUT2D eigenvalue weighted by molar-refractivity contribution is 0.102. The summed E-state index contributed by atoms with van der Waals surface area (Å²) < 4.78 is 0.967. The Hall–Kier alpha value is -1.99. The Morgan fingerprint density at radius 2 is 1.83 bits per heavy atom. The van der Waals surface area contributed by atoms with Crippen LogP contribution in [-0.4, -0.2) is 54.0 Å². The molecule has 0 saturated carbocycles. The summed E-state index contributed by atoms with van der Waals surface area (Å²) in [5, 5.41) is 2.85. The molecule has 1 aromatic carbocycles. The maximum Gasteiger partial charge on any atom is 0.274 e. The lowest BCUT2D eigenvalue weighted by atomic mass is 10.3. The lowest BCUT2D eigenvalue weighted by Gasteiger charge is -2.32. The van der Waals surface area contributed by atoms with Crippen LogP contribution < -0.4 is 10.2 Å². The summed E-state index contributed by atoms with van der Waals surface area (Å²) >= 11 is 3.37. The lowest BCUT2D eigenvalue weighted by Crippen LogP contribution is -2.45. The van der Waals surface area contributed by atoms with Crippen molar-refractivity contribution in [2.45, 2.75) is 0 Å². The molecule has 7 heteroatoms. The zero-order valence-corrected chi connectivity index (χ0v) is 14.5. The van der Waals surface area contributed by atoms with Gasteiger partial charge in [0, 0.05) is 42.5 Å². The highest BCUT2D eigenvalue weighted by molar-refractivity contribution is 9.10. The second-order valence-corrected chi connectivity index (χ2v) is 6.41. The molecule has 1 saturated heterocycles. The van der Waals surface area contributed by atoms with Gasteiger partial charge in [-0.1, -0.05) is 15.9 Å². The van der Waals surface area contributed by atoms with Crippen LogP contribution in [0.15, 0.2) is 41.0 Å². The molecule has 1 N–H and O–H groups in total. The van der Waals surface area contributed by atoms with E-state index in [9.17, 15) is 4.79 Å². The zero-order valence-electron chi connectivity index (χ0n) is 12.9. The van der Waals surface area contributed by atoms with Crippen molar-refractivity contribution in [3.8, 4) is 0 Å². The first-order valence-corrected chi connectivity index (χ1v) is 8.24. The normalized spacial score (nSPS) is 15.5. The second-order valence-electron chi connectivity index (χ2n) is 5.49. The third-order valence-electron chi connectivity index (χ3n) is 3.76. The summed E-state index contributed by atoms with van der Waals surface area (Å²) in [4.78, 5) is 25.4. The fourth-order valence-electron chi connectivity index (χ4n) is 2.36. The van der Waals surface area contributed by atoms with Crippen molar-refractivity contribution in [1.82, 2.24) is 14.9 Å². The Bertz CT molecular complexity index is 683. The number of hydrogen-bond donors (Lipinski definition) is 1. The van der Waals surface area contributed by atoms with Crippen molar-refractivity contribution in [2.75, 3.05) is 43.4 Å². The maximum absolute atomic E-state index is 12.3. The second kappa shape index (κ2) is 7.06. The molecule has 1 fully saturated rings. The highest BCUT2D eigenvalue weighted by Crippen LogP contribution is 2.15. The van der Waals surface area contributed by atoms with Gasteiger partial charge in [0.1, 0.15) is 5.69 Å². The standard InChI is InChI=1S/C16H18BrN5O/c1-21-8-10-22(11-9-21)16-18-7-6-14(20-16)15(23)19-13-4-2-12(17)3-5-13/h2-7H,8-11H2,1H3,(H,19,23). The number of halogens is 1. The minimum atomic E-state index is -0.231. The predicted molar refractivity (Wildman–Crippen MR) is 93.8 cm³/mol. The highest BCUT2D eigenvalue weighted by atomic mass is 79.9. The van der Waals surface area contributed by atoms with E-state index in [0.29, 0.717) is 11.6 Å². The Labute approximate surface area is 143 Å². The zero-order chi connectivity index (χ0) is 16.2. The third kappa shape index (κ3) is 4.05. The van der Waals surface area contributed by atoms with Crippen molar-refractivity contribution in [2.24, 2.45) is 0 Å². The minimum Gasteiger partial charge on any atom is -0.338 e. The minimum absolute atomic E-state index is 0.231. The molecule has 0 aliphatic carbocycles. The molecule has 23 heavy (non-hydrogen) atoms. The molecule has 120 valence electrons. The average molecular weight is 376 g/mol. The number of benzene rings is 1. The van der Waals surface area contributed by atoms with E-state index in [1.165, 1.54) is 0 Å². The molecule has 0 bridgehead atoms. The Morgan fingerprint density at radius 1 is 1.13 bits per heavy atom. The van der Waals surface area contributed by atoms with Crippen LogP contribution in [0.5, 0.6) is 0 Å². The maximum atomic E-state index is 12.3. The van der Waals surface area contributed by atoms with E-state index in [1.807, 2.05) is 24.3 Å². The van der Waals surface area contributed by atoms with Gasteiger partial charge < -0.3 is 15.1 Å². The first kappa shape index (κ1) is 15.9. The number of aromatic nitrogens is 2. The third-order valence-corrected chi connectivity index (χ3v) is 4.29. The molecule has 2 heterocycles. The number of anilines is 2. The number of nitrogens with zero attached hydrogens (tertiary/aromatic N) is 4. The summed E-state index contributed by atoms with van der Waals surface area (Å²) in [7, 11) is 2.10. The summed E-state index contributed by atoms with van der Waals surface area (Å²) in [5.41, 5.74) is 1.11. The Morgan fingerprint density at radius 3 is 2.52 bits per heavy atom. The van der Waals surface area contributed by atoms with Gasteiger partial charge in [0.25, 0.3) is 5.91 Å². The van der Waals surface area contributed by atoms with E-state index in [1.54, 1.807) is 12.3 Å². The van der Waals surface area contributed by atoms with Crippen LogP contribution in [0.1, 0.15) is 10.5 Å². The van der Waals surface area contributed by atoms with Gasteiger partial charge in [-0.05, 0) is 37.4 Å². The fraction of sp³-hybridized carbons (Fsp3) is 0.312. The van der Waals surface area contributed by atoms with Crippen molar-refractivity contribution >= 4 is 33.5 Å². The van der Waals surface area contributed by atoms with Gasteiger partial charge in [-0.2, -0.15) is 0 Å². The quantitative estimate of drug-likeness (QED) is 0.891. The smallest absolute Gasteiger partial charge is 0.274 e. The molecule has 1 amide bonds. The summed E-state index contributed by atoms with van der Waals surface area (Å²) in [6.45, 7) is 3.68. The van der Waals surface area contributed by atoms with E-state index in [-0.39, 0.29) is 5.91 Å². The van der Waals surface area contributed by atoms with Crippen LogP contribution in [-0.2, 0) is 0 Å². The van der Waals surface area contributed by atoms with Crippen LogP contribution in [0.3, 0.4) is 0 Å². The van der Waals surface area contributed by atoms with E-state index in [0.717, 1.165) is 36.3 Å². The SMILES string of the molecule is CN1CCN(c2nccc(C(=O)Nc3ccc(Br)cc3)n2)CC1. The van der Waals surface area contributed by atoms with Crippen molar-refractivity contribution < 1.29 is 4.79 Å². The van der Waals surface area contributed by atoms with E-state index in [2.05, 4.69) is 48.1 Å². The van der Waals surface area contributed by atoms with Gasteiger partial charge >= 0.3 is 0 Å². The first-order chi connectivity index (χ1) is 11.1. The molecule has 1 aliphatic heterocycles.